The van der Waals surface area contributed by atoms with Crippen molar-refractivity contribution < 1.29 is 19.4 Å². The van der Waals surface area contributed by atoms with E-state index >= 15 is 0 Å². The van der Waals surface area contributed by atoms with Crippen molar-refractivity contribution in [1.82, 2.24) is 4.90 Å². The van der Waals surface area contributed by atoms with Gasteiger partial charge in [-0.15, -0.1) is 0 Å². The Labute approximate surface area is 127 Å². The molecule has 122 valence electrons. The lowest BCUT2D eigenvalue weighted by Crippen LogP contribution is -2.42. The fraction of sp³-hybridized carbons (Fsp3) is 0.875. The predicted molar refractivity (Wildman–Crippen MR) is 80.8 cm³/mol. The second-order valence-electron chi connectivity index (χ2n) is 6.21. The molecule has 1 fully saturated rings. The summed E-state index contributed by atoms with van der Waals surface area (Å²) in [6.07, 6.45) is 4.96. The molecule has 0 aromatic carbocycles. The zero-order chi connectivity index (χ0) is 15.8. The third-order valence-corrected chi connectivity index (χ3v) is 4.00. The number of unbranched alkanes of at least 4 members (excludes halogenated alkanes) is 4. The minimum atomic E-state index is -0.666. The average Bonchev–Trinajstić information content (AvgIpc) is 2.80. The molecule has 2 amide bonds. The summed E-state index contributed by atoms with van der Waals surface area (Å²) in [6.45, 7) is 6.33. The highest BCUT2D eigenvalue weighted by molar-refractivity contribution is 5.93. The Morgan fingerprint density at radius 1 is 1.33 bits per heavy atom. The van der Waals surface area contributed by atoms with Crippen LogP contribution in [-0.2, 0) is 9.53 Å². The molecule has 1 N–H and O–H groups in total. The van der Waals surface area contributed by atoms with Gasteiger partial charge in [0.05, 0.1) is 18.6 Å². The lowest BCUT2D eigenvalue weighted by molar-refractivity contribution is -0.131. The van der Waals surface area contributed by atoms with Gasteiger partial charge in [0.2, 0.25) is 5.91 Å². The number of hydrogen-bond donors (Lipinski definition) is 1. The van der Waals surface area contributed by atoms with Gasteiger partial charge in [0.1, 0.15) is 6.61 Å². The van der Waals surface area contributed by atoms with Gasteiger partial charge in [-0.05, 0) is 12.3 Å². The summed E-state index contributed by atoms with van der Waals surface area (Å²) in [6, 6.07) is -0.207. The Kier molecular flexibility index (Phi) is 7.72. The largest absolute Gasteiger partial charge is 0.447 e. The molecule has 5 heteroatoms. The lowest BCUT2D eigenvalue weighted by atomic mass is 10.0. The molecule has 0 saturated carbocycles. The first-order chi connectivity index (χ1) is 9.97. The molecule has 0 aromatic rings. The standard InChI is InChI=1S/C16H29NO4/c1-4-5-6-7-8-9-13(18)10-15(19)17-14(12(2)3)11-21-16(17)20/h12-14,18H,4-11H2,1-3H3/t13?,14-/m1/s1. The highest BCUT2D eigenvalue weighted by Gasteiger charge is 2.39. The van der Waals surface area contributed by atoms with Crippen LogP contribution >= 0.6 is 0 Å². The zero-order valence-corrected chi connectivity index (χ0v) is 13.5. The summed E-state index contributed by atoms with van der Waals surface area (Å²) in [4.78, 5) is 25.0. The molecule has 1 aliphatic rings. The minimum Gasteiger partial charge on any atom is -0.447 e. The molecule has 1 rings (SSSR count). The van der Waals surface area contributed by atoms with Gasteiger partial charge in [0, 0.05) is 0 Å². The van der Waals surface area contributed by atoms with E-state index in [2.05, 4.69) is 6.92 Å². The van der Waals surface area contributed by atoms with E-state index in [1.807, 2.05) is 13.8 Å². The van der Waals surface area contributed by atoms with Gasteiger partial charge in [0.25, 0.3) is 0 Å². The molecule has 21 heavy (non-hydrogen) atoms. The molecule has 0 aliphatic carbocycles. The molecular weight excluding hydrogens is 270 g/mol. The van der Waals surface area contributed by atoms with Crippen LogP contribution in [-0.4, -0.2) is 40.8 Å². The summed E-state index contributed by atoms with van der Waals surface area (Å²) < 4.78 is 4.95. The predicted octanol–water partition coefficient (Wildman–Crippen LogP) is 3.10. The van der Waals surface area contributed by atoms with E-state index in [1.165, 1.54) is 24.2 Å². The fourth-order valence-corrected chi connectivity index (χ4v) is 2.60. The molecule has 0 radical (unpaired) electrons. The fourth-order valence-electron chi connectivity index (χ4n) is 2.60. The number of cyclic esters (lactones) is 1. The Hall–Kier alpha value is -1.10. The van der Waals surface area contributed by atoms with E-state index in [1.54, 1.807) is 0 Å². The summed E-state index contributed by atoms with van der Waals surface area (Å²) in [7, 11) is 0. The smallest absolute Gasteiger partial charge is 0.416 e. The first-order valence-corrected chi connectivity index (χ1v) is 8.14. The summed E-state index contributed by atoms with van der Waals surface area (Å²) in [5.41, 5.74) is 0. The summed E-state index contributed by atoms with van der Waals surface area (Å²) in [5, 5.41) is 9.95. The van der Waals surface area contributed by atoms with E-state index in [9.17, 15) is 14.7 Å². The number of carbonyl (C=O) groups excluding carboxylic acids is 2. The number of rotatable bonds is 9. The second-order valence-corrected chi connectivity index (χ2v) is 6.21. The maximum absolute atomic E-state index is 12.2. The number of amides is 2. The number of aliphatic hydroxyl groups excluding tert-OH is 1. The van der Waals surface area contributed by atoms with Gasteiger partial charge in [0.15, 0.2) is 0 Å². The molecular formula is C16H29NO4. The third kappa shape index (κ3) is 5.65. The number of carbonyl (C=O) groups is 2. The Balaban J connectivity index is 2.35. The molecule has 1 saturated heterocycles. The van der Waals surface area contributed by atoms with Crippen molar-refractivity contribution in [3.05, 3.63) is 0 Å². The number of nitrogens with zero attached hydrogens (tertiary/aromatic N) is 1. The van der Waals surface area contributed by atoms with Crippen molar-refractivity contribution >= 4 is 12.0 Å². The van der Waals surface area contributed by atoms with E-state index in [0.29, 0.717) is 6.42 Å². The Morgan fingerprint density at radius 3 is 2.62 bits per heavy atom. The van der Waals surface area contributed by atoms with E-state index in [4.69, 9.17) is 4.74 Å². The number of aliphatic hydroxyl groups is 1. The minimum absolute atomic E-state index is 0.00605. The lowest BCUT2D eigenvalue weighted by Gasteiger charge is -2.23. The van der Waals surface area contributed by atoms with Crippen molar-refractivity contribution in [3.63, 3.8) is 0 Å². The van der Waals surface area contributed by atoms with Crippen LogP contribution in [0.1, 0.15) is 65.7 Å². The molecule has 1 heterocycles. The molecule has 0 spiro atoms. The maximum Gasteiger partial charge on any atom is 0.416 e. The highest BCUT2D eigenvalue weighted by Crippen LogP contribution is 2.21. The van der Waals surface area contributed by atoms with Crippen LogP contribution in [0.25, 0.3) is 0 Å². The van der Waals surface area contributed by atoms with E-state index in [-0.39, 0.29) is 30.9 Å². The summed E-state index contributed by atoms with van der Waals surface area (Å²) >= 11 is 0. The van der Waals surface area contributed by atoms with Crippen molar-refractivity contribution in [2.24, 2.45) is 5.92 Å². The van der Waals surface area contributed by atoms with Gasteiger partial charge in [-0.3, -0.25) is 4.79 Å². The second kappa shape index (κ2) is 9.03. The SMILES string of the molecule is CCCCCCCC(O)CC(=O)N1C(=O)OC[C@@H]1C(C)C. The van der Waals surface area contributed by atoms with Crippen molar-refractivity contribution in [2.45, 2.75) is 77.9 Å². The van der Waals surface area contributed by atoms with Crippen molar-refractivity contribution in [1.29, 1.82) is 0 Å². The Bertz CT molecular complexity index is 343. The van der Waals surface area contributed by atoms with Crippen LogP contribution < -0.4 is 0 Å². The van der Waals surface area contributed by atoms with Crippen LogP contribution in [0.2, 0.25) is 0 Å². The average molecular weight is 299 g/mol. The topological polar surface area (TPSA) is 66.8 Å². The molecule has 5 nitrogen and oxygen atoms in total. The quantitative estimate of drug-likeness (QED) is 0.664. The first-order valence-electron chi connectivity index (χ1n) is 8.14. The normalized spacial score (nSPS) is 20.0. The zero-order valence-electron chi connectivity index (χ0n) is 13.5. The Morgan fingerprint density at radius 2 is 2.00 bits per heavy atom. The van der Waals surface area contributed by atoms with Crippen LogP contribution in [0.15, 0.2) is 0 Å². The van der Waals surface area contributed by atoms with Crippen LogP contribution in [0.4, 0.5) is 4.79 Å². The van der Waals surface area contributed by atoms with E-state index < -0.39 is 12.2 Å². The first kappa shape index (κ1) is 18.0. The molecule has 0 bridgehead atoms. The van der Waals surface area contributed by atoms with Gasteiger partial charge in [-0.2, -0.15) is 0 Å². The van der Waals surface area contributed by atoms with Gasteiger partial charge < -0.3 is 9.84 Å². The van der Waals surface area contributed by atoms with E-state index in [0.717, 1.165) is 12.8 Å². The van der Waals surface area contributed by atoms with Gasteiger partial charge in [-0.25, -0.2) is 9.69 Å². The molecule has 2 atom stereocenters. The molecule has 1 unspecified atom stereocenters. The third-order valence-electron chi connectivity index (χ3n) is 4.00. The van der Waals surface area contributed by atoms with Gasteiger partial charge in [-0.1, -0.05) is 52.9 Å². The molecule has 1 aliphatic heterocycles. The monoisotopic (exact) mass is 299 g/mol. The number of imide groups is 1. The summed E-state index contributed by atoms with van der Waals surface area (Å²) in [5.74, 6) is -0.163. The van der Waals surface area contributed by atoms with Crippen LogP contribution in [0.3, 0.4) is 0 Å². The van der Waals surface area contributed by atoms with Crippen LogP contribution in [0, 0.1) is 5.92 Å². The number of hydrogen-bond acceptors (Lipinski definition) is 4. The van der Waals surface area contributed by atoms with Crippen molar-refractivity contribution in [3.8, 4) is 0 Å². The molecule has 0 aromatic heterocycles. The van der Waals surface area contributed by atoms with Crippen LogP contribution in [0.5, 0.6) is 0 Å². The number of ether oxygens (including phenoxy) is 1. The van der Waals surface area contributed by atoms with Crippen molar-refractivity contribution in [2.75, 3.05) is 6.61 Å². The highest BCUT2D eigenvalue weighted by atomic mass is 16.6. The van der Waals surface area contributed by atoms with Gasteiger partial charge >= 0.3 is 6.09 Å². The maximum atomic E-state index is 12.2.